The van der Waals surface area contributed by atoms with Crippen molar-refractivity contribution in [3.63, 3.8) is 0 Å². The minimum absolute atomic E-state index is 0.0574. The summed E-state index contributed by atoms with van der Waals surface area (Å²) < 4.78 is 10.7. The summed E-state index contributed by atoms with van der Waals surface area (Å²) in [5.74, 6) is 0.0598. The number of hydrogen-bond donors (Lipinski definition) is 0. The molecule has 0 amide bonds. The van der Waals surface area contributed by atoms with Crippen molar-refractivity contribution in [2.75, 3.05) is 7.11 Å². The van der Waals surface area contributed by atoms with Crippen LogP contribution in [-0.2, 0) is 23.1 Å². The van der Waals surface area contributed by atoms with Crippen molar-refractivity contribution in [1.82, 2.24) is 23.1 Å². The number of aromatic nitrogens is 5. The molecule has 0 spiro atoms. The lowest BCUT2D eigenvalue weighted by molar-refractivity contribution is -0.140. The number of imidazole rings is 2. The minimum atomic E-state index is -0.521. The van der Waals surface area contributed by atoms with Gasteiger partial charge in [-0.05, 0) is 44.0 Å². The predicted molar refractivity (Wildman–Crippen MR) is 112 cm³/mol. The number of carbonyl (C=O) groups excluding carboxylic acids is 1. The number of fused-ring (bicyclic) bond motifs is 3. The summed E-state index contributed by atoms with van der Waals surface area (Å²) in [6.45, 7) is 5.94. The average Bonchev–Trinajstić information content (AvgIpc) is 3.19. The van der Waals surface area contributed by atoms with E-state index in [2.05, 4.69) is 15.8 Å². The number of hydrogen-bond acceptors (Lipinski definition) is 5. The summed E-state index contributed by atoms with van der Waals surface area (Å²) in [5, 5.41) is 0. The maximum atomic E-state index is 13.2. The molecule has 0 aliphatic heterocycles. The highest BCUT2D eigenvalue weighted by Crippen LogP contribution is 2.22. The average molecular weight is 409 g/mol. The molecule has 0 saturated carbocycles. The van der Waals surface area contributed by atoms with E-state index in [0.717, 1.165) is 27.1 Å². The zero-order valence-electron chi connectivity index (χ0n) is 17.6. The SMILES string of the molecule is COC(=O)CCn1c(=O)c2c(nc3n(-c4cc(C)cc(C)c4)c(C)cn23)n(C)c1=O. The number of aryl methyl sites for hydroxylation is 4. The first kappa shape index (κ1) is 19.7. The number of methoxy groups -OCH3 is 1. The third-order valence-electron chi connectivity index (χ3n) is 5.26. The van der Waals surface area contributed by atoms with Crippen LogP contribution in [0, 0.1) is 20.8 Å². The van der Waals surface area contributed by atoms with Gasteiger partial charge in [0.15, 0.2) is 11.2 Å². The molecule has 9 heteroatoms. The van der Waals surface area contributed by atoms with Crippen LogP contribution in [0.1, 0.15) is 23.2 Å². The molecule has 0 fully saturated rings. The second-order valence-electron chi connectivity index (χ2n) is 7.53. The van der Waals surface area contributed by atoms with Gasteiger partial charge in [0.25, 0.3) is 5.56 Å². The fraction of sp³-hybridized carbons (Fsp3) is 0.333. The largest absolute Gasteiger partial charge is 0.469 e. The first-order chi connectivity index (χ1) is 14.2. The third-order valence-corrected chi connectivity index (χ3v) is 5.26. The Morgan fingerprint density at radius 2 is 1.77 bits per heavy atom. The van der Waals surface area contributed by atoms with Crippen molar-refractivity contribution < 1.29 is 9.53 Å². The van der Waals surface area contributed by atoms with Gasteiger partial charge in [0.05, 0.1) is 13.5 Å². The summed E-state index contributed by atoms with van der Waals surface area (Å²) in [5.41, 5.74) is 3.66. The van der Waals surface area contributed by atoms with E-state index >= 15 is 0 Å². The molecule has 0 unspecified atom stereocenters. The molecule has 0 aliphatic rings. The van der Waals surface area contributed by atoms with E-state index in [0.29, 0.717) is 16.9 Å². The molecule has 0 radical (unpaired) electrons. The van der Waals surface area contributed by atoms with Crippen molar-refractivity contribution in [3.8, 4) is 5.69 Å². The first-order valence-electron chi connectivity index (χ1n) is 9.58. The van der Waals surface area contributed by atoms with Gasteiger partial charge in [-0.1, -0.05) is 6.07 Å². The van der Waals surface area contributed by atoms with E-state index in [-0.39, 0.29) is 13.0 Å². The molecule has 0 bridgehead atoms. The number of esters is 1. The number of benzene rings is 1. The molecule has 0 aliphatic carbocycles. The van der Waals surface area contributed by atoms with Crippen LogP contribution in [0.4, 0.5) is 0 Å². The van der Waals surface area contributed by atoms with Crippen LogP contribution >= 0.6 is 0 Å². The molecule has 3 heterocycles. The zero-order valence-corrected chi connectivity index (χ0v) is 17.6. The standard InChI is InChI=1S/C21H23N5O4/c1-12-8-13(2)10-15(9-12)26-14(3)11-25-17-18(22-20(25)26)23(4)21(29)24(19(17)28)7-6-16(27)30-5/h8-11H,6-7H2,1-5H3. The summed E-state index contributed by atoms with van der Waals surface area (Å²) in [6, 6.07) is 6.19. The lowest BCUT2D eigenvalue weighted by Crippen LogP contribution is -2.39. The van der Waals surface area contributed by atoms with E-state index < -0.39 is 17.2 Å². The van der Waals surface area contributed by atoms with Gasteiger partial charge in [0.2, 0.25) is 5.78 Å². The topological polar surface area (TPSA) is 92.5 Å². The summed E-state index contributed by atoms with van der Waals surface area (Å²) in [7, 11) is 2.84. The highest BCUT2D eigenvalue weighted by atomic mass is 16.5. The van der Waals surface area contributed by atoms with Gasteiger partial charge in [-0.2, -0.15) is 4.98 Å². The zero-order chi connectivity index (χ0) is 21.7. The third kappa shape index (κ3) is 2.94. The predicted octanol–water partition coefficient (Wildman–Crippen LogP) is 1.63. The molecule has 9 nitrogen and oxygen atoms in total. The van der Waals surface area contributed by atoms with Gasteiger partial charge in [-0.15, -0.1) is 0 Å². The molecule has 4 rings (SSSR count). The van der Waals surface area contributed by atoms with Gasteiger partial charge in [0, 0.05) is 31.2 Å². The lowest BCUT2D eigenvalue weighted by Gasteiger charge is -2.08. The monoisotopic (exact) mass is 409 g/mol. The molecule has 3 aromatic heterocycles. The highest BCUT2D eigenvalue weighted by molar-refractivity contribution is 5.76. The van der Waals surface area contributed by atoms with E-state index in [1.165, 1.54) is 11.7 Å². The quantitative estimate of drug-likeness (QED) is 0.478. The second kappa shape index (κ2) is 7.01. The van der Waals surface area contributed by atoms with Crippen molar-refractivity contribution in [3.05, 3.63) is 62.1 Å². The lowest BCUT2D eigenvalue weighted by atomic mass is 10.1. The fourth-order valence-electron chi connectivity index (χ4n) is 3.91. The molecule has 0 atom stereocenters. The van der Waals surface area contributed by atoms with Crippen LogP contribution < -0.4 is 11.2 Å². The highest BCUT2D eigenvalue weighted by Gasteiger charge is 2.21. The summed E-state index contributed by atoms with van der Waals surface area (Å²) >= 11 is 0. The molecular weight excluding hydrogens is 386 g/mol. The van der Waals surface area contributed by atoms with Crippen molar-refractivity contribution >= 4 is 22.9 Å². The Hall–Kier alpha value is -3.62. The smallest absolute Gasteiger partial charge is 0.332 e. The summed E-state index contributed by atoms with van der Waals surface area (Å²) in [6.07, 6.45) is 1.76. The number of ether oxygens (including phenoxy) is 1. The molecule has 0 N–H and O–H groups in total. The maximum Gasteiger partial charge on any atom is 0.332 e. The van der Waals surface area contributed by atoms with Crippen LogP contribution in [0.5, 0.6) is 0 Å². The maximum absolute atomic E-state index is 13.2. The normalized spacial score (nSPS) is 11.5. The number of rotatable bonds is 4. The van der Waals surface area contributed by atoms with Crippen molar-refractivity contribution in [2.45, 2.75) is 33.7 Å². The van der Waals surface area contributed by atoms with Crippen LogP contribution in [0.25, 0.3) is 22.6 Å². The Kier molecular flexibility index (Phi) is 4.60. The Labute approximate surface area is 171 Å². The fourth-order valence-corrected chi connectivity index (χ4v) is 3.91. The van der Waals surface area contributed by atoms with Gasteiger partial charge in [0.1, 0.15) is 0 Å². The Morgan fingerprint density at radius 3 is 2.40 bits per heavy atom. The molecular formula is C21H23N5O4. The van der Waals surface area contributed by atoms with Gasteiger partial charge < -0.3 is 4.74 Å². The molecule has 156 valence electrons. The minimum Gasteiger partial charge on any atom is -0.469 e. The van der Waals surface area contributed by atoms with E-state index in [1.807, 2.05) is 43.7 Å². The molecule has 4 aromatic rings. The number of nitrogens with zero attached hydrogens (tertiary/aromatic N) is 5. The Morgan fingerprint density at radius 1 is 1.10 bits per heavy atom. The van der Waals surface area contributed by atoms with Crippen molar-refractivity contribution in [1.29, 1.82) is 0 Å². The van der Waals surface area contributed by atoms with Crippen LogP contribution in [0.3, 0.4) is 0 Å². The van der Waals surface area contributed by atoms with E-state index in [1.54, 1.807) is 11.4 Å². The van der Waals surface area contributed by atoms with Crippen molar-refractivity contribution in [2.24, 2.45) is 7.05 Å². The van der Waals surface area contributed by atoms with Crippen LogP contribution in [-0.4, -0.2) is 36.2 Å². The Bertz CT molecular complexity index is 1410. The molecule has 30 heavy (non-hydrogen) atoms. The van der Waals surface area contributed by atoms with E-state index in [9.17, 15) is 14.4 Å². The van der Waals surface area contributed by atoms with E-state index in [4.69, 9.17) is 0 Å². The number of carbonyl (C=O) groups is 1. The Balaban J connectivity index is 2.01. The molecule has 1 aromatic carbocycles. The van der Waals surface area contributed by atoms with Gasteiger partial charge >= 0.3 is 11.7 Å². The van der Waals surface area contributed by atoms with Gasteiger partial charge in [-0.25, -0.2) is 4.79 Å². The second-order valence-corrected chi connectivity index (χ2v) is 7.53. The summed E-state index contributed by atoms with van der Waals surface area (Å²) in [4.78, 5) is 42.0. The first-order valence-corrected chi connectivity index (χ1v) is 9.58. The molecule has 0 saturated heterocycles. The van der Waals surface area contributed by atoms with Crippen LogP contribution in [0.15, 0.2) is 34.0 Å². The van der Waals surface area contributed by atoms with Crippen LogP contribution in [0.2, 0.25) is 0 Å². The van der Waals surface area contributed by atoms with Gasteiger partial charge in [-0.3, -0.25) is 27.7 Å².